The van der Waals surface area contributed by atoms with E-state index in [1.807, 2.05) is 0 Å². The summed E-state index contributed by atoms with van der Waals surface area (Å²) in [6, 6.07) is 0. The monoisotopic (exact) mass is 1110 g/mol. The van der Waals surface area contributed by atoms with Crippen molar-refractivity contribution in [3.05, 3.63) is 0 Å². The molecule has 6 amide bonds. The Morgan fingerprint density at radius 3 is 0.359 bits per heavy atom. The number of carbonyl (C=O) groups excluding carboxylic acids is 6. The van der Waals surface area contributed by atoms with E-state index in [1.54, 1.807) is 0 Å². The van der Waals surface area contributed by atoms with Crippen LogP contribution in [0.1, 0.15) is 388 Å². The molecule has 0 aliphatic heterocycles. The molecule has 0 aromatic carbocycles. The normalized spacial score (nSPS) is 11.2. The standard InChI is InChI=1S/6C10H21NO.C6H12/c6*1-2-3-4-5-6-7-8-9-10(11)12;1-2-4-6-5-3-1/h6*2-9H2,1H3,(H2,11,12);1-6H2. The molecule has 1 saturated carbocycles. The van der Waals surface area contributed by atoms with Crippen LogP contribution in [0.3, 0.4) is 0 Å². The molecule has 0 aromatic rings. The number of rotatable bonds is 48. The minimum Gasteiger partial charge on any atom is -0.370 e. The predicted molar refractivity (Wildman–Crippen MR) is 339 cm³/mol. The maximum Gasteiger partial charge on any atom is 0.217 e. The van der Waals surface area contributed by atoms with E-state index in [0.717, 1.165) is 77.0 Å². The molecule has 0 atom stereocenters. The van der Waals surface area contributed by atoms with Crippen LogP contribution in [0.5, 0.6) is 0 Å². The van der Waals surface area contributed by atoms with E-state index in [2.05, 4.69) is 41.5 Å². The van der Waals surface area contributed by atoms with Gasteiger partial charge in [-0.05, 0) is 38.5 Å². The number of unbranched alkanes of at least 4 members (excludes halogenated alkanes) is 36. The van der Waals surface area contributed by atoms with Gasteiger partial charge in [-0.3, -0.25) is 28.8 Å². The van der Waals surface area contributed by atoms with E-state index < -0.39 is 0 Å². The Hall–Kier alpha value is -3.18. The molecule has 1 aliphatic rings. The zero-order chi connectivity index (χ0) is 59.6. The molecule has 1 fully saturated rings. The fraction of sp³-hybridized carbons (Fsp3) is 0.909. The lowest BCUT2D eigenvalue weighted by Gasteiger charge is -2.05. The summed E-state index contributed by atoms with van der Waals surface area (Å²) in [5, 5.41) is 0. The summed E-state index contributed by atoms with van der Waals surface area (Å²) in [6.45, 7) is 13.3. The molecule has 12 nitrogen and oxygen atoms in total. The van der Waals surface area contributed by atoms with Crippen molar-refractivity contribution in [3.63, 3.8) is 0 Å². The third-order valence-corrected chi connectivity index (χ3v) is 13.7. The van der Waals surface area contributed by atoms with Crippen molar-refractivity contribution >= 4 is 35.4 Å². The van der Waals surface area contributed by atoms with Gasteiger partial charge < -0.3 is 34.4 Å². The Bertz CT molecular complexity index is 972. The molecule has 78 heavy (non-hydrogen) atoms. The summed E-state index contributed by atoms with van der Waals surface area (Å²) in [6.07, 6.45) is 64.5. The highest BCUT2D eigenvalue weighted by Crippen LogP contribution is 2.16. The zero-order valence-electron chi connectivity index (χ0n) is 53.1. The molecule has 1 rings (SSSR count). The van der Waals surface area contributed by atoms with Crippen molar-refractivity contribution in [1.82, 2.24) is 0 Å². The molecule has 0 heterocycles. The lowest BCUT2D eigenvalue weighted by Crippen LogP contribution is -2.09. The van der Waals surface area contributed by atoms with Crippen molar-refractivity contribution in [3.8, 4) is 0 Å². The lowest BCUT2D eigenvalue weighted by molar-refractivity contribution is -0.119. The van der Waals surface area contributed by atoms with Crippen LogP contribution in [0.4, 0.5) is 0 Å². The summed E-state index contributed by atoms with van der Waals surface area (Å²) in [7, 11) is 0. The molecular weight excluding hydrogens is 973 g/mol. The number of amides is 6. The van der Waals surface area contributed by atoms with Gasteiger partial charge in [-0.2, -0.15) is 0 Å². The number of hydrogen-bond acceptors (Lipinski definition) is 6. The van der Waals surface area contributed by atoms with Gasteiger partial charge >= 0.3 is 0 Å². The van der Waals surface area contributed by atoms with E-state index in [0.29, 0.717) is 38.5 Å². The topological polar surface area (TPSA) is 259 Å². The third kappa shape index (κ3) is 116. The van der Waals surface area contributed by atoms with E-state index in [-0.39, 0.29) is 35.4 Å². The van der Waals surface area contributed by atoms with Gasteiger partial charge in [0.15, 0.2) is 0 Å². The van der Waals surface area contributed by atoms with Gasteiger partial charge in [0.1, 0.15) is 0 Å². The highest BCUT2D eigenvalue weighted by atomic mass is 16.2. The molecular formula is C66H138N6O6. The highest BCUT2D eigenvalue weighted by molar-refractivity contribution is 5.75. The number of nitrogens with two attached hydrogens (primary N) is 6. The van der Waals surface area contributed by atoms with E-state index in [4.69, 9.17) is 34.4 Å². The Labute approximate surface area is 484 Å². The quantitative estimate of drug-likeness (QED) is 0.0323. The summed E-state index contributed by atoms with van der Waals surface area (Å²) in [5.74, 6) is -0.980. The summed E-state index contributed by atoms with van der Waals surface area (Å²) in [5.41, 5.74) is 30.1. The third-order valence-electron chi connectivity index (χ3n) is 13.7. The maximum atomic E-state index is 10.4. The molecule has 12 N–H and O–H groups in total. The summed E-state index contributed by atoms with van der Waals surface area (Å²) >= 11 is 0. The lowest BCUT2D eigenvalue weighted by atomic mass is 10.0. The number of hydrogen-bond donors (Lipinski definition) is 6. The van der Waals surface area contributed by atoms with Gasteiger partial charge in [-0.25, -0.2) is 0 Å². The second-order valence-electron chi connectivity index (χ2n) is 22.1. The van der Waals surface area contributed by atoms with Crippen molar-refractivity contribution in [2.24, 2.45) is 34.4 Å². The Morgan fingerprint density at radius 2 is 0.269 bits per heavy atom. The molecule has 1 aliphatic carbocycles. The summed E-state index contributed by atoms with van der Waals surface area (Å²) in [4.78, 5) is 62.1. The van der Waals surface area contributed by atoms with Crippen LogP contribution in [0.25, 0.3) is 0 Å². The average molecular weight is 1110 g/mol. The van der Waals surface area contributed by atoms with Crippen LogP contribution in [-0.2, 0) is 28.8 Å². The van der Waals surface area contributed by atoms with Gasteiger partial charge in [-0.1, -0.05) is 311 Å². The van der Waals surface area contributed by atoms with Crippen LogP contribution >= 0.6 is 0 Å². The highest BCUT2D eigenvalue weighted by Gasteiger charge is 1.99. The van der Waals surface area contributed by atoms with Crippen LogP contribution in [0.15, 0.2) is 0 Å². The molecule has 0 aromatic heterocycles. The van der Waals surface area contributed by atoms with E-state index >= 15 is 0 Å². The maximum absolute atomic E-state index is 10.4. The number of primary amides is 6. The molecule has 0 spiro atoms. The first kappa shape index (κ1) is 86.1. The first-order valence-electron chi connectivity index (χ1n) is 33.3. The van der Waals surface area contributed by atoms with E-state index in [1.165, 1.54) is 231 Å². The van der Waals surface area contributed by atoms with Crippen LogP contribution in [0.2, 0.25) is 0 Å². The van der Waals surface area contributed by atoms with Crippen molar-refractivity contribution in [2.45, 2.75) is 388 Å². The Morgan fingerprint density at radius 1 is 0.179 bits per heavy atom. The largest absolute Gasteiger partial charge is 0.370 e. The zero-order valence-corrected chi connectivity index (χ0v) is 53.1. The molecule has 0 bridgehead atoms. The first-order valence-corrected chi connectivity index (χ1v) is 33.3. The van der Waals surface area contributed by atoms with Crippen LogP contribution in [0, 0.1) is 0 Å². The Balaban J connectivity index is -0.000000195. The molecule has 0 unspecified atom stereocenters. The SMILES string of the molecule is C1CCCCC1.CCCCCCCCCC(N)=O.CCCCCCCCCC(N)=O.CCCCCCCCCC(N)=O.CCCCCCCCCC(N)=O.CCCCCCCCCC(N)=O.CCCCCCCCCC(N)=O. The van der Waals surface area contributed by atoms with Crippen molar-refractivity contribution in [1.29, 1.82) is 0 Å². The Kier molecular flexibility index (Phi) is 91.2. The average Bonchev–Trinajstić information content (AvgIpc) is 3.40. The van der Waals surface area contributed by atoms with Gasteiger partial charge in [0, 0.05) is 38.5 Å². The van der Waals surface area contributed by atoms with E-state index in [9.17, 15) is 28.8 Å². The van der Waals surface area contributed by atoms with Crippen LogP contribution in [-0.4, -0.2) is 35.4 Å². The minimum absolute atomic E-state index is 0.163. The van der Waals surface area contributed by atoms with Gasteiger partial charge in [0.2, 0.25) is 35.4 Å². The van der Waals surface area contributed by atoms with Crippen LogP contribution < -0.4 is 34.4 Å². The van der Waals surface area contributed by atoms with Gasteiger partial charge in [-0.15, -0.1) is 0 Å². The number of carbonyl (C=O) groups is 6. The molecule has 0 saturated heterocycles. The van der Waals surface area contributed by atoms with Gasteiger partial charge in [0.25, 0.3) is 0 Å². The molecule has 12 heteroatoms. The first-order chi connectivity index (χ1) is 37.6. The molecule has 0 radical (unpaired) electrons. The fourth-order valence-corrected chi connectivity index (χ4v) is 8.60. The van der Waals surface area contributed by atoms with Gasteiger partial charge in [0.05, 0.1) is 0 Å². The second kappa shape index (κ2) is 82.7. The minimum atomic E-state index is -0.163. The summed E-state index contributed by atoms with van der Waals surface area (Å²) < 4.78 is 0. The second-order valence-corrected chi connectivity index (χ2v) is 22.1. The van der Waals surface area contributed by atoms with Crippen molar-refractivity contribution in [2.75, 3.05) is 0 Å². The van der Waals surface area contributed by atoms with Crippen molar-refractivity contribution < 1.29 is 28.8 Å². The molecule has 468 valence electrons. The predicted octanol–water partition coefficient (Wildman–Crippen LogP) is 18.0. The fourth-order valence-electron chi connectivity index (χ4n) is 8.60. The smallest absolute Gasteiger partial charge is 0.217 e.